The number of nitrogens with zero attached hydrogens (tertiary/aromatic N) is 1. The first-order valence-corrected chi connectivity index (χ1v) is 8.74. The highest BCUT2D eigenvalue weighted by atomic mass is 16.1. The second-order valence-corrected chi connectivity index (χ2v) is 6.31. The smallest absolute Gasteiger partial charge is 0.226 e. The summed E-state index contributed by atoms with van der Waals surface area (Å²) in [6.45, 7) is 4.21. The number of anilines is 1. The maximum atomic E-state index is 12.6. The van der Waals surface area contributed by atoms with E-state index in [2.05, 4.69) is 48.0 Å². The molecular weight excluding hydrogens is 308 g/mol. The van der Waals surface area contributed by atoms with Gasteiger partial charge >= 0.3 is 0 Å². The van der Waals surface area contributed by atoms with Gasteiger partial charge in [0.2, 0.25) is 5.91 Å². The molecule has 25 heavy (non-hydrogen) atoms. The summed E-state index contributed by atoms with van der Waals surface area (Å²) in [6.07, 6.45) is 5.42. The SMILES string of the molecule is CCc1ccc(NC(=O)C[C@@H](c2ccccc2C)n2cccc2)cc1. The Morgan fingerprint density at radius 1 is 1.00 bits per heavy atom. The van der Waals surface area contributed by atoms with Gasteiger partial charge in [0.25, 0.3) is 0 Å². The van der Waals surface area contributed by atoms with Gasteiger partial charge in [0.15, 0.2) is 0 Å². The standard InChI is InChI=1S/C22H24N2O/c1-3-18-10-12-19(13-11-18)23-22(25)16-21(24-14-6-7-15-24)20-9-5-4-8-17(20)2/h4-15,21H,3,16H2,1-2H3,(H,23,25)/t21-/m0/s1. The van der Waals surface area contributed by atoms with E-state index in [9.17, 15) is 4.79 Å². The molecule has 3 heteroatoms. The first-order valence-electron chi connectivity index (χ1n) is 8.74. The molecule has 1 amide bonds. The fourth-order valence-electron chi connectivity index (χ4n) is 3.10. The lowest BCUT2D eigenvalue weighted by molar-refractivity contribution is -0.116. The predicted molar refractivity (Wildman–Crippen MR) is 103 cm³/mol. The van der Waals surface area contributed by atoms with Crippen LogP contribution in [-0.2, 0) is 11.2 Å². The molecule has 128 valence electrons. The van der Waals surface area contributed by atoms with Gasteiger partial charge in [-0.05, 0) is 54.3 Å². The van der Waals surface area contributed by atoms with Crippen LogP contribution in [0.4, 0.5) is 5.69 Å². The van der Waals surface area contributed by atoms with E-state index in [1.807, 2.05) is 48.8 Å². The summed E-state index contributed by atoms with van der Waals surface area (Å²) in [5, 5.41) is 3.02. The summed E-state index contributed by atoms with van der Waals surface area (Å²) in [5.74, 6) is 0.0196. The minimum Gasteiger partial charge on any atom is -0.346 e. The predicted octanol–water partition coefficient (Wildman–Crippen LogP) is 4.98. The second kappa shape index (κ2) is 7.84. The summed E-state index contributed by atoms with van der Waals surface area (Å²) in [4.78, 5) is 12.6. The van der Waals surface area contributed by atoms with Gasteiger partial charge in [0.1, 0.15) is 0 Å². The quantitative estimate of drug-likeness (QED) is 0.679. The summed E-state index contributed by atoms with van der Waals surface area (Å²) in [5.41, 5.74) is 4.48. The van der Waals surface area contributed by atoms with Crippen LogP contribution in [0.3, 0.4) is 0 Å². The van der Waals surface area contributed by atoms with Crippen LogP contribution in [0, 0.1) is 6.92 Å². The lowest BCUT2D eigenvalue weighted by atomic mass is 9.98. The second-order valence-electron chi connectivity index (χ2n) is 6.31. The normalized spacial score (nSPS) is 11.9. The van der Waals surface area contributed by atoms with Crippen molar-refractivity contribution in [1.29, 1.82) is 0 Å². The molecule has 0 aliphatic heterocycles. The van der Waals surface area contributed by atoms with Crippen LogP contribution in [-0.4, -0.2) is 10.5 Å². The molecule has 3 nitrogen and oxygen atoms in total. The van der Waals surface area contributed by atoms with Gasteiger partial charge in [0.05, 0.1) is 12.5 Å². The largest absolute Gasteiger partial charge is 0.346 e. The number of hydrogen-bond donors (Lipinski definition) is 1. The van der Waals surface area contributed by atoms with Crippen molar-refractivity contribution in [2.24, 2.45) is 0 Å². The zero-order valence-electron chi connectivity index (χ0n) is 14.8. The Labute approximate surface area is 149 Å². The Bertz CT molecular complexity index is 819. The van der Waals surface area contributed by atoms with E-state index in [0.29, 0.717) is 6.42 Å². The molecule has 0 radical (unpaired) electrons. The number of aromatic nitrogens is 1. The van der Waals surface area contributed by atoms with E-state index in [1.54, 1.807) is 0 Å². The Hall–Kier alpha value is -2.81. The monoisotopic (exact) mass is 332 g/mol. The van der Waals surface area contributed by atoms with Crippen molar-refractivity contribution in [3.8, 4) is 0 Å². The maximum absolute atomic E-state index is 12.6. The maximum Gasteiger partial charge on any atom is 0.226 e. The van der Waals surface area contributed by atoms with Crippen LogP contribution >= 0.6 is 0 Å². The van der Waals surface area contributed by atoms with E-state index in [1.165, 1.54) is 16.7 Å². The summed E-state index contributed by atoms with van der Waals surface area (Å²) in [7, 11) is 0. The fraction of sp³-hybridized carbons (Fsp3) is 0.227. The van der Waals surface area contributed by atoms with Gasteiger partial charge in [-0.25, -0.2) is 0 Å². The molecule has 0 bridgehead atoms. The number of carbonyl (C=O) groups is 1. The number of carbonyl (C=O) groups excluding carboxylic acids is 1. The Morgan fingerprint density at radius 3 is 2.32 bits per heavy atom. The molecule has 0 aliphatic carbocycles. The number of amides is 1. The third kappa shape index (κ3) is 4.18. The van der Waals surface area contributed by atoms with Crippen LogP contribution in [0.1, 0.15) is 36.1 Å². The number of aryl methyl sites for hydroxylation is 2. The molecule has 3 rings (SSSR count). The first kappa shape index (κ1) is 17.0. The number of rotatable bonds is 6. The molecule has 1 atom stereocenters. The Kier molecular flexibility index (Phi) is 5.34. The summed E-state index contributed by atoms with van der Waals surface area (Å²) >= 11 is 0. The Balaban J connectivity index is 1.78. The highest BCUT2D eigenvalue weighted by molar-refractivity contribution is 5.91. The lowest BCUT2D eigenvalue weighted by Crippen LogP contribution is -2.20. The fourth-order valence-corrected chi connectivity index (χ4v) is 3.10. The van der Waals surface area contributed by atoms with Crippen molar-refractivity contribution in [1.82, 2.24) is 4.57 Å². The molecule has 0 saturated carbocycles. The molecule has 2 aromatic carbocycles. The van der Waals surface area contributed by atoms with Crippen molar-refractivity contribution >= 4 is 11.6 Å². The zero-order chi connectivity index (χ0) is 17.6. The molecule has 0 aliphatic rings. The zero-order valence-corrected chi connectivity index (χ0v) is 14.8. The van der Waals surface area contributed by atoms with E-state index >= 15 is 0 Å². The first-order chi connectivity index (χ1) is 12.2. The van der Waals surface area contributed by atoms with Gasteiger partial charge in [0, 0.05) is 18.1 Å². The molecule has 1 aromatic heterocycles. The Morgan fingerprint density at radius 2 is 1.68 bits per heavy atom. The number of benzene rings is 2. The van der Waals surface area contributed by atoms with E-state index in [4.69, 9.17) is 0 Å². The summed E-state index contributed by atoms with van der Waals surface area (Å²) in [6, 6.07) is 20.3. The average Bonchev–Trinajstić information content (AvgIpc) is 3.15. The molecule has 3 aromatic rings. The van der Waals surface area contributed by atoms with Crippen molar-refractivity contribution in [3.05, 3.63) is 89.7 Å². The minimum absolute atomic E-state index is 0.00823. The van der Waals surface area contributed by atoms with E-state index in [-0.39, 0.29) is 11.9 Å². The molecular formula is C22H24N2O. The summed E-state index contributed by atoms with van der Waals surface area (Å²) < 4.78 is 2.10. The molecule has 0 saturated heterocycles. The molecule has 1 N–H and O–H groups in total. The van der Waals surface area contributed by atoms with Gasteiger partial charge < -0.3 is 9.88 Å². The third-order valence-corrected chi connectivity index (χ3v) is 4.56. The van der Waals surface area contributed by atoms with Crippen LogP contribution < -0.4 is 5.32 Å². The van der Waals surface area contributed by atoms with Gasteiger partial charge in [-0.2, -0.15) is 0 Å². The molecule has 1 heterocycles. The van der Waals surface area contributed by atoms with Crippen molar-refractivity contribution in [2.45, 2.75) is 32.7 Å². The van der Waals surface area contributed by atoms with Crippen molar-refractivity contribution in [3.63, 3.8) is 0 Å². The lowest BCUT2D eigenvalue weighted by Gasteiger charge is -2.21. The number of hydrogen-bond acceptors (Lipinski definition) is 1. The topological polar surface area (TPSA) is 34.0 Å². The van der Waals surface area contributed by atoms with Crippen molar-refractivity contribution < 1.29 is 4.79 Å². The molecule has 0 spiro atoms. The highest BCUT2D eigenvalue weighted by Gasteiger charge is 2.19. The highest BCUT2D eigenvalue weighted by Crippen LogP contribution is 2.26. The van der Waals surface area contributed by atoms with Crippen LogP contribution in [0.5, 0.6) is 0 Å². The number of nitrogens with one attached hydrogen (secondary N) is 1. The third-order valence-electron chi connectivity index (χ3n) is 4.56. The van der Waals surface area contributed by atoms with Gasteiger partial charge in [-0.1, -0.05) is 43.3 Å². The average molecular weight is 332 g/mol. The van der Waals surface area contributed by atoms with E-state index in [0.717, 1.165) is 12.1 Å². The van der Waals surface area contributed by atoms with Gasteiger partial charge in [-0.15, -0.1) is 0 Å². The molecule has 0 fully saturated rings. The van der Waals surface area contributed by atoms with E-state index < -0.39 is 0 Å². The minimum atomic E-state index is -0.00823. The van der Waals surface area contributed by atoms with Crippen LogP contribution in [0.25, 0.3) is 0 Å². The van der Waals surface area contributed by atoms with Gasteiger partial charge in [-0.3, -0.25) is 4.79 Å². The van der Waals surface area contributed by atoms with Crippen LogP contribution in [0.15, 0.2) is 73.1 Å². The van der Waals surface area contributed by atoms with Crippen molar-refractivity contribution in [2.75, 3.05) is 5.32 Å². The molecule has 0 unspecified atom stereocenters. The van der Waals surface area contributed by atoms with Crippen LogP contribution in [0.2, 0.25) is 0 Å².